The lowest BCUT2D eigenvalue weighted by molar-refractivity contribution is -0.137. The van der Waals surface area contributed by atoms with Gasteiger partial charge < -0.3 is 19.1 Å². The maximum absolute atomic E-state index is 12.5. The molecule has 1 fully saturated rings. The van der Waals surface area contributed by atoms with Crippen LogP contribution >= 0.6 is 0 Å². The van der Waals surface area contributed by atoms with Gasteiger partial charge in [-0.1, -0.05) is 0 Å². The highest BCUT2D eigenvalue weighted by molar-refractivity contribution is 7.91. The van der Waals surface area contributed by atoms with Crippen molar-refractivity contribution in [2.45, 2.75) is 24.3 Å². The summed E-state index contributed by atoms with van der Waals surface area (Å²) in [6.45, 7) is 3.37. The van der Waals surface area contributed by atoms with E-state index in [2.05, 4.69) is 0 Å². The molecule has 1 amide bonds. The zero-order valence-electron chi connectivity index (χ0n) is 14.1. The lowest BCUT2D eigenvalue weighted by atomic mass is 10.3. The molecule has 1 unspecified atom stereocenters. The van der Waals surface area contributed by atoms with Crippen molar-refractivity contribution in [2.75, 3.05) is 39.7 Å². The molecule has 2 rings (SSSR count). The highest BCUT2D eigenvalue weighted by Crippen LogP contribution is 2.30. The fourth-order valence-electron chi connectivity index (χ4n) is 2.55. The summed E-state index contributed by atoms with van der Waals surface area (Å²) in [7, 11) is -0.657. The molecular weight excluding hydrogens is 334 g/mol. The van der Waals surface area contributed by atoms with Crippen molar-refractivity contribution < 1.29 is 27.4 Å². The third-order valence-corrected chi connectivity index (χ3v) is 5.61. The summed E-state index contributed by atoms with van der Waals surface area (Å²) in [6.07, 6.45) is -0.0752. The van der Waals surface area contributed by atoms with E-state index in [9.17, 15) is 13.2 Å². The Morgan fingerprint density at radius 2 is 2.00 bits per heavy atom. The van der Waals surface area contributed by atoms with E-state index in [1.807, 2.05) is 6.92 Å². The Bertz CT molecular complexity index is 688. The van der Waals surface area contributed by atoms with Gasteiger partial charge in [-0.2, -0.15) is 0 Å². The Hall–Kier alpha value is -1.80. The largest absolute Gasteiger partial charge is 0.493 e. The molecule has 0 spiro atoms. The van der Waals surface area contributed by atoms with Crippen LogP contribution in [0.3, 0.4) is 0 Å². The number of benzene rings is 1. The summed E-state index contributed by atoms with van der Waals surface area (Å²) in [5.41, 5.74) is 0. The van der Waals surface area contributed by atoms with Gasteiger partial charge in [0.15, 0.2) is 21.3 Å². The minimum Gasteiger partial charge on any atom is -0.493 e. The molecule has 1 aliphatic heterocycles. The molecule has 1 aromatic carbocycles. The van der Waals surface area contributed by atoms with Gasteiger partial charge in [-0.05, 0) is 19.1 Å². The van der Waals surface area contributed by atoms with E-state index in [1.54, 1.807) is 4.90 Å². The minimum atomic E-state index is -3.58. The topological polar surface area (TPSA) is 82.1 Å². The summed E-state index contributed by atoms with van der Waals surface area (Å²) < 4.78 is 40.5. The maximum atomic E-state index is 12.5. The second kappa shape index (κ2) is 7.85. The van der Waals surface area contributed by atoms with Crippen LogP contribution in [0.5, 0.6) is 11.5 Å². The summed E-state index contributed by atoms with van der Waals surface area (Å²) in [4.78, 5) is 14.0. The van der Waals surface area contributed by atoms with Crippen molar-refractivity contribution >= 4 is 15.7 Å². The predicted octanol–water partition coefficient (Wildman–Crippen LogP) is 1.11. The molecule has 0 N–H and O–H groups in total. The number of rotatable bonds is 6. The number of carbonyl (C=O) groups is 1. The molecule has 8 heteroatoms. The Morgan fingerprint density at radius 3 is 2.62 bits per heavy atom. The predicted molar refractivity (Wildman–Crippen MR) is 88.2 cm³/mol. The van der Waals surface area contributed by atoms with Crippen LogP contribution in [0.1, 0.15) is 13.3 Å². The van der Waals surface area contributed by atoms with Crippen molar-refractivity contribution in [2.24, 2.45) is 0 Å². The van der Waals surface area contributed by atoms with Crippen LogP contribution in [0.2, 0.25) is 0 Å². The average Bonchev–Trinajstić information content (AvgIpc) is 2.59. The standard InChI is InChI=1S/C16H23NO6S/c1-12-11-17(7-8-23-12)16(18)6-9-24(19,20)13-4-5-14(21-2)15(10-13)22-3/h4-5,10,12H,6-9,11H2,1-3H3. The number of methoxy groups -OCH3 is 2. The van der Waals surface area contributed by atoms with E-state index < -0.39 is 9.84 Å². The molecule has 1 heterocycles. The quantitative estimate of drug-likeness (QED) is 0.759. The summed E-state index contributed by atoms with van der Waals surface area (Å²) in [5, 5.41) is 0. The number of nitrogens with zero attached hydrogens (tertiary/aromatic N) is 1. The smallest absolute Gasteiger partial charge is 0.223 e. The summed E-state index contributed by atoms with van der Waals surface area (Å²) >= 11 is 0. The Balaban J connectivity index is 2.04. The lowest BCUT2D eigenvalue weighted by Crippen LogP contribution is -2.44. The SMILES string of the molecule is COc1ccc(S(=O)(=O)CCC(=O)N2CCOC(C)C2)cc1OC. The van der Waals surface area contributed by atoms with E-state index in [0.29, 0.717) is 31.2 Å². The van der Waals surface area contributed by atoms with Gasteiger partial charge in [0, 0.05) is 25.6 Å². The molecule has 0 radical (unpaired) electrons. The number of hydrogen-bond acceptors (Lipinski definition) is 6. The first-order valence-electron chi connectivity index (χ1n) is 7.71. The molecule has 1 aliphatic rings. The Morgan fingerprint density at radius 1 is 1.29 bits per heavy atom. The third kappa shape index (κ3) is 4.39. The van der Waals surface area contributed by atoms with Crippen LogP contribution in [0.4, 0.5) is 0 Å². The normalized spacial score (nSPS) is 18.3. The first-order chi connectivity index (χ1) is 11.4. The molecule has 1 saturated heterocycles. The highest BCUT2D eigenvalue weighted by atomic mass is 32.2. The monoisotopic (exact) mass is 357 g/mol. The number of hydrogen-bond donors (Lipinski definition) is 0. The molecular formula is C16H23NO6S. The lowest BCUT2D eigenvalue weighted by Gasteiger charge is -2.31. The van der Waals surface area contributed by atoms with Gasteiger partial charge in [0.05, 0.1) is 37.6 Å². The van der Waals surface area contributed by atoms with Crippen molar-refractivity contribution in [3.63, 3.8) is 0 Å². The van der Waals surface area contributed by atoms with Crippen LogP contribution in [-0.2, 0) is 19.4 Å². The van der Waals surface area contributed by atoms with E-state index in [0.717, 1.165) is 0 Å². The van der Waals surface area contributed by atoms with E-state index in [-0.39, 0.29) is 29.1 Å². The van der Waals surface area contributed by atoms with Gasteiger partial charge in [-0.3, -0.25) is 4.79 Å². The Kier molecular flexibility index (Phi) is 6.06. The fourth-order valence-corrected chi connectivity index (χ4v) is 3.79. The second-order valence-electron chi connectivity index (χ2n) is 5.61. The van der Waals surface area contributed by atoms with Gasteiger partial charge in [0.2, 0.25) is 5.91 Å². The number of amides is 1. The zero-order chi connectivity index (χ0) is 17.7. The first kappa shape index (κ1) is 18.5. The van der Waals surface area contributed by atoms with Crippen molar-refractivity contribution in [3.8, 4) is 11.5 Å². The van der Waals surface area contributed by atoms with Gasteiger partial charge in [0.25, 0.3) is 0 Å². The van der Waals surface area contributed by atoms with Crippen LogP contribution in [0, 0.1) is 0 Å². The van der Waals surface area contributed by atoms with Crippen molar-refractivity contribution in [1.29, 1.82) is 0 Å². The van der Waals surface area contributed by atoms with Crippen LogP contribution in [-0.4, -0.2) is 65.0 Å². The average molecular weight is 357 g/mol. The number of carbonyl (C=O) groups excluding carboxylic acids is 1. The first-order valence-corrected chi connectivity index (χ1v) is 9.36. The highest BCUT2D eigenvalue weighted by Gasteiger charge is 2.24. The van der Waals surface area contributed by atoms with E-state index in [4.69, 9.17) is 14.2 Å². The molecule has 0 saturated carbocycles. The summed E-state index contributed by atoms with van der Waals surface area (Å²) in [6, 6.07) is 4.41. The van der Waals surface area contributed by atoms with Crippen molar-refractivity contribution in [1.82, 2.24) is 4.90 Å². The minimum absolute atomic E-state index is 0.0230. The van der Waals surface area contributed by atoms with Crippen LogP contribution < -0.4 is 9.47 Å². The number of morpholine rings is 1. The van der Waals surface area contributed by atoms with Crippen LogP contribution in [0.25, 0.3) is 0 Å². The summed E-state index contributed by atoms with van der Waals surface area (Å²) in [5.74, 6) is 0.378. The molecule has 1 atom stereocenters. The maximum Gasteiger partial charge on any atom is 0.223 e. The van der Waals surface area contributed by atoms with Crippen molar-refractivity contribution in [3.05, 3.63) is 18.2 Å². The van der Waals surface area contributed by atoms with Crippen LogP contribution in [0.15, 0.2) is 23.1 Å². The molecule has 134 valence electrons. The molecule has 0 aromatic heterocycles. The van der Waals surface area contributed by atoms with Gasteiger partial charge in [0.1, 0.15) is 0 Å². The number of sulfone groups is 1. The molecule has 7 nitrogen and oxygen atoms in total. The van der Waals surface area contributed by atoms with E-state index >= 15 is 0 Å². The fraction of sp³-hybridized carbons (Fsp3) is 0.562. The Labute approximate surface area is 142 Å². The molecule has 0 bridgehead atoms. The number of ether oxygens (including phenoxy) is 3. The third-order valence-electron chi connectivity index (χ3n) is 3.89. The molecule has 1 aromatic rings. The molecule has 0 aliphatic carbocycles. The molecule has 24 heavy (non-hydrogen) atoms. The van der Waals surface area contributed by atoms with Gasteiger partial charge >= 0.3 is 0 Å². The zero-order valence-corrected chi connectivity index (χ0v) is 15.0. The van der Waals surface area contributed by atoms with Gasteiger partial charge in [-0.25, -0.2) is 8.42 Å². The van der Waals surface area contributed by atoms with E-state index in [1.165, 1.54) is 32.4 Å². The van der Waals surface area contributed by atoms with Gasteiger partial charge in [-0.15, -0.1) is 0 Å². The second-order valence-corrected chi connectivity index (χ2v) is 7.72.